The largest absolute Gasteiger partial charge is 0.361 e. The summed E-state index contributed by atoms with van der Waals surface area (Å²) < 4.78 is 0. The van der Waals surface area contributed by atoms with Gasteiger partial charge in [0.05, 0.1) is 11.6 Å². The van der Waals surface area contributed by atoms with Gasteiger partial charge in [-0.1, -0.05) is 18.2 Å². The molecule has 2 heterocycles. The summed E-state index contributed by atoms with van der Waals surface area (Å²) in [5.74, 6) is 0.850. The van der Waals surface area contributed by atoms with E-state index in [9.17, 15) is 0 Å². The summed E-state index contributed by atoms with van der Waals surface area (Å²) in [5.41, 5.74) is 2.51. The Morgan fingerprint density at radius 1 is 1.29 bits per heavy atom. The van der Waals surface area contributed by atoms with Crippen LogP contribution < -0.4 is 10.6 Å². The summed E-state index contributed by atoms with van der Waals surface area (Å²) >= 11 is 1.69. The number of hydrogen-bond donors (Lipinski definition) is 3. The Kier molecular flexibility index (Phi) is 5.48. The minimum Gasteiger partial charge on any atom is -0.361 e. The summed E-state index contributed by atoms with van der Waals surface area (Å²) in [6, 6.07) is 8.40. The van der Waals surface area contributed by atoms with Gasteiger partial charge in [-0.05, 0) is 31.9 Å². The van der Waals surface area contributed by atoms with Gasteiger partial charge < -0.3 is 15.6 Å². The molecule has 3 aromatic rings. The van der Waals surface area contributed by atoms with E-state index in [2.05, 4.69) is 63.0 Å². The summed E-state index contributed by atoms with van der Waals surface area (Å²) in [7, 11) is 0. The maximum absolute atomic E-state index is 4.64. The zero-order valence-electron chi connectivity index (χ0n) is 14.1. The molecule has 0 aliphatic rings. The number of hydrogen-bond acceptors (Lipinski definition) is 3. The number of nitrogens with zero attached hydrogens (tertiary/aromatic N) is 2. The van der Waals surface area contributed by atoms with Crippen molar-refractivity contribution in [3.05, 3.63) is 52.1 Å². The molecule has 24 heavy (non-hydrogen) atoms. The highest BCUT2D eigenvalue weighted by Gasteiger charge is 2.04. The van der Waals surface area contributed by atoms with Crippen LogP contribution in [0.2, 0.25) is 0 Å². The molecule has 0 aliphatic carbocycles. The molecular formula is C18H23N5S. The van der Waals surface area contributed by atoms with E-state index < -0.39 is 0 Å². The topological polar surface area (TPSA) is 65.1 Å². The number of H-pyrrole nitrogens is 1. The highest BCUT2D eigenvalue weighted by Crippen LogP contribution is 2.17. The summed E-state index contributed by atoms with van der Waals surface area (Å²) in [5, 5.41) is 9.08. The number of fused-ring (bicyclic) bond motifs is 1. The molecule has 0 saturated heterocycles. The Morgan fingerprint density at radius 2 is 2.17 bits per heavy atom. The van der Waals surface area contributed by atoms with Crippen molar-refractivity contribution in [3.8, 4) is 0 Å². The first-order valence-electron chi connectivity index (χ1n) is 8.24. The Bertz CT molecular complexity index is 818. The minimum absolute atomic E-state index is 0.661. The maximum atomic E-state index is 4.64. The molecule has 0 aliphatic heterocycles. The molecule has 0 atom stereocenters. The number of benzene rings is 1. The molecule has 2 aromatic heterocycles. The van der Waals surface area contributed by atoms with Crippen molar-refractivity contribution >= 4 is 28.2 Å². The van der Waals surface area contributed by atoms with E-state index in [1.54, 1.807) is 11.3 Å². The average molecular weight is 341 g/mol. The monoisotopic (exact) mass is 341 g/mol. The molecule has 5 nitrogen and oxygen atoms in total. The van der Waals surface area contributed by atoms with Gasteiger partial charge in [0.15, 0.2) is 5.96 Å². The van der Waals surface area contributed by atoms with Gasteiger partial charge in [0, 0.05) is 41.3 Å². The second kappa shape index (κ2) is 7.97. The second-order valence-electron chi connectivity index (χ2n) is 5.58. The van der Waals surface area contributed by atoms with Crippen LogP contribution >= 0.6 is 11.3 Å². The number of aliphatic imine (C=N–C) groups is 1. The third-order valence-corrected chi connectivity index (χ3v) is 4.67. The lowest BCUT2D eigenvalue weighted by Gasteiger charge is -2.10. The lowest BCUT2D eigenvalue weighted by molar-refractivity contribution is 0.803. The van der Waals surface area contributed by atoms with E-state index in [4.69, 9.17) is 0 Å². The molecule has 0 amide bonds. The molecule has 1 aromatic carbocycles. The SMILES string of the molecule is CCNC(=NCc1cnc(C)s1)NCCc1c[nH]c2ccccc12. The highest BCUT2D eigenvalue weighted by atomic mass is 32.1. The molecule has 0 fully saturated rings. The van der Waals surface area contributed by atoms with Crippen molar-refractivity contribution in [1.29, 1.82) is 0 Å². The Morgan fingerprint density at radius 3 is 2.96 bits per heavy atom. The van der Waals surface area contributed by atoms with Crippen LogP contribution in [0.1, 0.15) is 22.4 Å². The first kappa shape index (κ1) is 16.5. The maximum Gasteiger partial charge on any atom is 0.191 e. The zero-order chi connectivity index (χ0) is 16.8. The van der Waals surface area contributed by atoms with Gasteiger partial charge >= 0.3 is 0 Å². The first-order chi connectivity index (χ1) is 11.8. The highest BCUT2D eigenvalue weighted by molar-refractivity contribution is 7.11. The third-order valence-electron chi connectivity index (χ3n) is 3.77. The minimum atomic E-state index is 0.661. The van der Waals surface area contributed by atoms with Gasteiger partial charge in [0.1, 0.15) is 0 Å². The van der Waals surface area contributed by atoms with Gasteiger partial charge in [0.2, 0.25) is 0 Å². The molecule has 0 radical (unpaired) electrons. The van der Waals surface area contributed by atoms with Crippen LogP contribution in [0, 0.1) is 6.92 Å². The molecule has 126 valence electrons. The fourth-order valence-electron chi connectivity index (χ4n) is 2.63. The van der Waals surface area contributed by atoms with Crippen LogP contribution in [-0.2, 0) is 13.0 Å². The van der Waals surface area contributed by atoms with E-state index >= 15 is 0 Å². The number of aromatic nitrogens is 2. The van der Waals surface area contributed by atoms with Crippen molar-refractivity contribution in [2.24, 2.45) is 4.99 Å². The van der Waals surface area contributed by atoms with Crippen LogP contribution in [0.15, 0.2) is 41.7 Å². The van der Waals surface area contributed by atoms with Crippen molar-refractivity contribution in [3.63, 3.8) is 0 Å². The lowest BCUT2D eigenvalue weighted by atomic mass is 10.1. The number of nitrogens with one attached hydrogen (secondary N) is 3. The van der Waals surface area contributed by atoms with Gasteiger partial charge in [-0.2, -0.15) is 0 Å². The molecular weight excluding hydrogens is 318 g/mol. The van der Waals surface area contributed by atoms with Crippen molar-refractivity contribution in [2.45, 2.75) is 26.8 Å². The molecule has 0 spiro atoms. The number of thiazole rings is 1. The number of rotatable bonds is 6. The van der Waals surface area contributed by atoms with Crippen LogP contribution in [-0.4, -0.2) is 29.0 Å². The van der Waals surface area contributed by atoms with Gasteiger partial charge in [-0.3, -0.25) is 0 Å². The number of guanidine groups is 1. The molecule has 3 rings (SSSR count). The van der Waals surface area contributed by atoms with Crippen molar-refractivity contribution < 1.29 is 0 Å². The summed E-state index contributed by atoms with van der Waals surface area (Å²) in [6.45, 7) is 6.44. The third kappa shape index (κ3) is 4.14. The Labute approximate surface area is 146 Å². The second-order valence-corrected chi connectivity index (χ2v) is 6.90. The van der Waals surface area contributed by atoms with Crippen LogP contribution in [0.25, 0.3) is 10.9 Å². The number of aryl methyl sites for hydroxylation is 1. The van der Waals surface area contributed by atoms with Crippen LogP contribution in [0.5, 0.6) is 0 Å². The molecule has 0 bridgehead atoms. The standard InChI is InChI=1S/C18H23N5S/c1-3-19-18(23-12-15-11-21-13(2)24-15)20-9-8-14-10-22-17-7-5-4-6-16(14)17/h4-7,10-11,22H,3,8-9,12H2,1-2H3,(H2,19,20,23). The van der Waals surface area contributed by atoms with Gasteiger partial charge in [-0.25, -0.2) is 9.98 Å². The predicted octanol–water partition coefficient (Wildman–Crippen LogP) is 3.23. The molecule has 0 unspecified atom stereocenters. The normalized spacial score (nSPS) is 11.8. The number of para-hydroxylation sites is 1. The Balaban J connectivity index is 1.57. The van der Waals surface area contributed by atoms with E-state index in [1.807, 2.05) is 13.1 Å². The van der Waals surface area contributed by atoms with Crippen LogP contribution in [0.3, 0.4) is 0 Å². The van der Waals surface area contributed by atoms with Gasteiger partial charge in [0.25, 0.3) is 0 Å². The average Bonchev–Trinajstić information content (AvgIpc) is 3.19. The fourth-order valence-corrected chi connectivity index (χ4v) is 3.35. The van der Waals surface area contributed by atoms with E-state index in [1.165, 1.54) is 21.3 Å². The van der Waals surface area contributed by atoms with E-state index in [0.717, 1.165) is 30.5 Å². The smallest absolute Gasteiger partial charge is 0.191 e. The summed E-state index contributed by atoms with van der Waals surface area (Å²) in [4.78, 5) is 13.4. The lowest BCUT2D eigenvalue weighted by Crippen LogP contribution is -2.38. The zero-order valence-corrected chi connectivity index (χ0v) is 14.9. The summed E-state index contributed by atoms with van der Waals surface area (Å²) in [6.07, 6.45) is 4.95. The Hall–Kier alpha value is -2.34. The van der Waals surface area contributed by atoms with Crippen LogP contribution in [0.4, 0.5) is 0 Å². The fraction of sp³-hybridized carbons (Fsp3) is 0.333. The number of aromatic amines is 1. The first-order valence-corrected chi connectivity index (χ1v) is 9.06. The van der Waals surface area contributed by atoms with E-state index in [0.29, 0.717) is 6.54 Å². The van der Waals surface area contributed by atoms with Crippen molar-refractivity contribution in [1.82, 2.24) is 20.6 Å². The molecule has 0 saturated carbocycles. The van der Waals surface area contributed by atoms with E-state index in [-0.39, 0.29) is 0 Å². The molecule has 3 N–H and O–H groups in total. The van der Waals surface area contributed by atoms with Gasteiger partial charge in [-0.15, -0.1) is 11.3 Å². The van der Waals surface area contributed by atoms with Crippen molar-refractivity contribution in [2.75, 3.05) is 13.1 Å². The quantitative estimate of drug-likeness (QED) is 0.476. The predicted molar refractivity (Wildman–Crippen MR) is 102 cm³/mol. The molecule has 6 heteroatoms.